The molecule has 5 atom stereocenters. The highest BCUT2D eigenvalue weighted by molar-refractivity contribution is 6.37. The van der Waals surface area contributed by atoms with Crippen molar-refractivity contribution in [2.75, 3.05) is 19.8 Å². The molecule has 5 rings (SSSR count). The Labute approximate surface area is 351 Å². The van der Waals surface area contributed by atoms with Crippen LogP contribution < -0.4 is 32.3 Å². The van der Waals surface area contributed by atoms with Gasteiger partial charge in [0.2, 0.25) is 23.5 Å². The number of hydrogen-bond acceptors (Lipinski definition) is 8. The van der Waals surface area contributed by atoms with E-state index < -0.39 is 64.2 Å². The van der Waals surface area contributed by atoms with Crippen LogP contribution in [0.1, 0.15) is 126 Å². The van der Waals surface area contributed by atoms with Gasteiger partial charge in [0.25, 0.3) is 5.91 Å². The Balaban J connectivity index is 1.28. The third-order valence-corrected chi connectivity index (χ3v) is 14.6. The number of fused-ring (bicyclic) bond motifs is 1. The Morgan fingerprint density at radius 1 is 0.864 bits per heavy atom. The smallest absolute Gasteiger partial charge is 0.315 e. The van der Waals surface area contributed by atoms with Crippen molar-refractivity contribution < 1.29 is 33.5 Å². The zero-order valence-electron chi connectivity index (χ0n) is 37.1. The van der Waals surface area contributed by atoms with Crippen molar-refractivity contribution >= 4 is 35.4 Å². The fraction of sp³-hybridized carbons (Fsp3) is 0.733. The van der Waals surface area contributed by atoms with E-state index in [2.05, 4.69) is 40.4 Å². The van der Waals surface area contributed by atoms with Gasteiger partial charge in [-0.25, -0.2) is 4.79 Å². The summed E-state index contributed by atoms with van der Waals surface area (Å²) in [7, 11) is 0. The fourth-order valence-electron chi connectivity index (χ4n) is 9.99. The predicted octanol–water partition coefficient (Wildman–Crippen LogP) is 4.30. The first-order valence-corrected chi connectivity index (χ1v) is 21.5. The molecule has 2 spiro atoms. The second kappa shape index (κ2) is 17.1. The fourth-order valence-corrected chi connectivity index (χ4v) is 9.99. The number of nitrogens with zero attached hydrogens (tertiary/aromatic N) is 1. The number of urea groups is 1. The lowest BCUT2D eigenvalue weighted by Gasteiger charge is -2.37. The summed E-state index contributed by atoms with van der Waals surface area (Å²) in [4.78, 5) is 83.3. The lowest BCUT2D eigenvalue weighted by molar-refractivity contribution is -0.143. The Morgan fingerprint density at radius 2 is 1.51 bits per heavy atom. The van der Waals surface area contributed by atoms with Crippen LogP contribution >= 0.6 is 0 Å². The van der Waals surface area contributed by atoms with E-state index in [0.29, 0.717) is 26.0 Å². The topological polar surface area (TPSA) is 201 Å². The molecule has 7 N–H and O–H groups in total. The summed E-state index contributed by atoms with van der Waals surface area (Å²) in [6.45, 7) is 20.5. The molecular formula is C45H71N7O7. The first-order valence-electron chi connectivity index (χ1n) is 21.5. The van der Waals surface area contributed by atoms with Crippen LogP contribution in [0.4, 0.5) is 4.79 Å². The van der Waals surface area contributed by atoms with Crippen LogP contribution in [0.15, 0.2) is 30.3 Å². The molecule has 1 aromatic carbocycles. The molecule has 0 radical (unpaired) electrons. The molecule has 1 aliphatic heterocycles. The lowest BCUT2D eigenvalue weighted by Crippen LogP contribution is -2.62. The van der Waals surface area contributed by atoms with Gasteiger partial charge in [-0.2, -0.15) is 0 Å². The third kappa shape index (κ3) is 9.48. The average molecular weight is 822 g/mol. The number of carbonyl (C=O) groups excluding carboxylic acids is 6. The van der Waals surface area contributed by atoms with E-state index in [9.17, 15) is 28.8 Å². The van der Waals surface area contributed by atoms with Crippen LogP contribution in [0.2, 0.25) is 0 Å². The molecule has 6 amide bonds. The Hall–Kier alpha value is -4.04. The van der Waals surface area contributed by atoms with Crippen LogP contribution in [-0.2, 0) is 35.3 Å². The number of nitrogens with one attached hydrogen (secondary N) is 5. The van der Waals surface area contributed by atoms with Crippen LogP contribution in [-0.4, -0.2) is 89.9 Å². The van der Waals surface area contributed by atoms with Crippen molar-refractivity contribution in [3.05, 3.63) is 35.9 Å². The van der Waals surface area contributed by atoms with Gasteiger partial charge in [-0.3, -0.25) is 29.3 Å². The second-order valence-electron chi connectivity index (χ2n) is 21.0. The maximum Gasteiger partial charge on any atom is 0.315 e. The molecule has 4 fully saturated rings. The Kier molecular flexibility index (Phi) is 13.4. The molecule has 59 heavy (non-hydrogen) atoms. The minimum absolute atomic E-state index is 0.00754. The Morgan fingerprint density at radius 3 is 2.02 bits per heavy atom. The zero-order valence-corrected chi connectivity index (χ0v) is 37.1. The van der Waals surface area contributed by atoms with Gasteiger partial charge >= 0.3 is 6.03 Å². The van der Waals surface area contributed by atoms with Gasteiger partial charge in [-0.05, 0) is 72.7 Å². The number of rotatable bonds is 17. The van der Waals surface area contributed by atoms with Crippen molar-refractivity contribution in [2.24, 2.45) is 38.7 Å². The molecule has 14 heteroatoms. The summed E-state index contributed by atoms with van der Waals surface area (Å²) < 4.78 is 5.74. The highest BCUT2D eigenvalue weighted by atomic mass is 16.5. The van der Waals surface area contributed by atoms with Gasteiger partial charge in [0.1, 0.15) is 12.1 Å². The maximum atomic E-state index is 14.9. The number of ketones is 1. The molecule has 14 nitrogen and oxygen atoms in total. The highest BCUT2D eigenvalue weighted by Gasteiger charge is 2.85. The molecule has 0 aromatic heterocycles. The van der Waals surface area contributed by atoms with Crippen LogP contribution in [0.25, 0.3) is 0 Å². The van der Waals surface area contributed by atoms with Gasteiger partial charge in [-0.1, -0.05) is 111 Å². The summed E-state index contributed by atoms with van der Waals surface area (Å²) in [5, 5.41) is 15.0. The van der Waals surface area contributed by atoms with Crippen molar-refractivity contribution in [3.63, 3.8) is 0 Å². The number of Topliss-reactive ketones (excluding diaryl/α,β-unsaturated/α-hetero) is 1. The molecule has 1 aromatic rings. The number of primary amides is 1. The number of nitrogens with two attached hydrogens (primary N) is 1. The molecule has 1 saturated heterocycles. The van der Waals surface area contributed by atoms with Gasteiger partial charge < -0.3 is 36.6 Å². The molecule has 328 valence electrons. The van der Waals surface area contributed by atoms with Crippen molar-refractivity contribution in [2.45, 2.75) is 157 Å². The monoisotopic (exact) mass is 822 g/mol. The summed E-state index contributed by atoms with van der Waals surface area (Å²) in [5.41, 5.74) is 3.82. The summed E-state index contributed by atoms with van der Waals surface area (Å²) in [6.07, 6.45) is 6.74. The van der Waals surface area contributed by atoms with Crippen LogP contribution in [0, 0.1) is 33.0 Å². The van der Waals surface area contributed by atoms with Crippen LogP contribution in [0.3, 0.4) is 0 Å². The van der Waals surface area contributed by atoms with E-state index in [1.165, 1.54) is 0 Å². The zero-order chi connectivity index (χ0) is 43.8. The molecule has 0 bridgehead atoms. The molecular weight excluding hydrogens is 751 g/mol. The molecule has 3 aliphatic carbocycles. The standard InChI is InChI=1S/C45H71N7O7/c1-40(2,3)32(24-47-38(57)42(7,8)48-27-59-25-29-16-12-11-13-17-29)50-39(58)51-34(41(4,5)6)37(56)52-26-45(43(9,10)44(45)20-15-21-44)23-31(52)36(55)49-30(33(53)35(46)54)22-28-18-14-19-28/h11-13,16-17,28,30-32,34,48H,14-15,18-27H2,1-10H3,(H2,46,54)(H,47,57)(H,49,55)(H2,50,51,58)/t30?,31-,32+,34+,45+/m0/s1. The lowest BCUT2D eigenvalue weighted by atomic mass is 9.73. The van der Waals surface area contributed by atoms with E-state index in [4.69, 9.17) is 10.5 Å². The van der Waals surface area contributed by atoms with E-state index in [0.717, 1.165) is 44.1 Å². The summed E-state index contributed by atoms with van der Waals surface area (Å²) in [5.74, 6) is -2.85. The number of hydrogen-bond donors (Lipinski definition) is 6. The van der Waals surface area contributed by atoms with Crippen LogP contribution in [0.5, 0.6) is 0 Å². The van der Waals surface area contributed by atoms with E-state index in [1.54, 1.807) is 18.7 Å². The highest BCUT2D eigenvalue weighted by Crippen LogP contribution is 2.88. The van der Waals surface area contributed by atoms with Crippen molar-refractivity contribution in [1.29, 1.82) is 0 Å². The molecule has 1 unspecified atom stereocenters. The number of amides is 6. The number of benzene rings is 1. The minimum Gasteiger partial charge on any atom is -0.363 e. The molecule has 3 saturated carbocycles. The Bertz CT molecular complexity index is 1740. The number of ether oxygens (including phenoxy) is 1. The first kappa shape index (κ1) is 46.0. The third-order valence-electron chi connectivity index (χ3n) is 14.6. The van der Waals surface area contributed by atoms with Gasteiger partial charge in [0.05, 0.1) is 31.0 Å². The SMILES string of the molecule is CC(C)(NCOCc1ccccc1)C(=O)NC[C@@H](NC(=O)N[C@H](C(=O)N1C[C@]2(C[C@H]1C(=O)NC(CC1CCC1)C(=O)C(N)=O)C(C)(C)C21CCC1)C(C)(C)C)C(C)(C)C. The van der Waals surface area contributed by atoms with E-state index in [1.807, 2.05) is 71.9 Å². The number of carbonyl (C=O) groups is 6. The largest absolute Gasteiger partial charge is 0.363 e. The average Bonchev–Trinajstić information content (AvgIpc) is 3.31. The van der Waals surface area contributed by atoms with Gasteiger partial charge in [-0.15, -0.1) is 0 Å². The van der Waals surface area contributed by atoms with Crippen molar-refractivity contribution in [3.8, 4) is 0 Å². The summed E-state index contributed by atoms with van der Waals surface area (Å²) in [6, 6.07) is 5.65. The normalized spacial score (nSPS) is 23.6. The maximum absolute atomic E-state index is 14.9. The quantitative estimate of drug-likeness (QED) is 0.0759. The van der Waals surface area contributed by atoms with E-state index >= 15 is 0 Å². The molecule has 4 aliphatic rings. The molecule has 1 heterocycles. The van der Waals surface area contributed by atoms with E-state index in [-0.39, 0.29) is 47.3 Å². The van der Waals surface area contributed by atoms with Crippen molar-refractivity contribution in [1.82, 2.24) is 31.5 Å². The number of likely N-dealkylation sites (tertiary alicyclic amines) is 1. The minimum atomic E-state index is -1.09. The first-order chi connectivity index (χ1) is 27.4. The second-order valence-corrected chi connectivity index (χ2v) is 21.0. The summed E-state index contributed by atoms with van der Waals surface area (Å²) >= 11 is 0. The van der Waals surface area contributed by atoms with Gasteiger partial charge in [0.15, 0.2) is 0 Å². The predicted molar refractivity (Wildman–Crippen MR) is 225 cm³/mol. The van der Waals surface area contributed by atoms with Gasteiger partial charge in [0, 0.05) is 18.5 Å².